The maximum atomic E-state index is 12.4. The molecule has 29 heavy (non-hydrogen) atoms. The van der Waals surface area contributed by atoms with Crippen LogP contribution in [0.2, 0.25) is 0 Å². The Balaban J connectivity index is 1.47. The standard InChI is InChI=1S/C26H32O2S/c1-4-25-24-12-10-20-16-21(28-29-17-19-8-6-5-7-9-19)11-13-22(20)23(24)14-15-26(25,3)18(2)27/h5-9,11,13,16,23-25H,4,10,12,14-15,17H2,1-3H3. The lowest BCUT2D eigenvalue weighted by molar-refractivity contribution is -0.133. The van der Waals surface area contributed by atoms with Gasteiger partial charge in [-0.15, -0.1) is 0 Å². The van der Waals surface area contributed by atoms with Crippen molar-refractivity contribution < 1.29 is 8.98 Å². The van der Waals surface area contributed by atoms with Gasteiger partial charge in [0, 0.05) is 5.41 Å². The number of carbonyl (C=O) groups is 1. The van der Waals surface area contributed by atoms with E-state index in [1.807, 2.05) is 6.07 Å². The van der Waals surface area contributed by atoms with Gasteiger partial charge < -0.3 is 4.18 Å². The molecular weight excluding hydrogens is 376 g/mol. The summed E-state index contributed by atoms with van der Waals surface area (Å²) in [6, 6.07) is 17.1. The smallest absolute Gasteiger partial charge is 0.137 e. The van der Waals surface area contributed by atoms with Gasteiger partial charge in [-0.25, -0.2) is 0 Å². The predicted molar refractivity (Wildman–Crippen MR) is 121 cm³/mol. The Morgan fingerprint density at radius 1 is 1.17 bits per heavy atom. The van der Waals surface area contributed by atoms with E-state index in [9.17, 15) is 4.79 Å². The first-order valence-corrected chi connectivity index (χ1v) is 11.9. The van der Waals surface area contributed by atoms with Gasteiger partial charge in [0.05, 0.1) is 17.8 Å². The number of benzene rings is 2. The van der Waals surface area contributed by atoms with Gasteiger partial charge in [-0.1, -0.05) is 56.7 Å². The highest BCUT2D eigenvalue weighted by Crippen LogP contribution is 2.56. The first kappa shape index (κ1) is 20.5. The quantitative estimate of drug-likeness (QED) is 0.483. The van der Waals surface area contributed by atoms with Crippen LogP contribution in [0.1, 0.15) is 69.1 Å². The highest BCUT2D eigenvalue weighted by molar-refractivity contribution is 7.94. The molecule has 0 spiro atoms. The number of aryl methyl sites for hydroxylation is 1. The molecule has 0 aromatic heterocycles. The molecule has 2 aliphatic carbocycles. The first-order valence-electron chi connectivity index (χ1n) is 11.0. The molecule has 0 radical (unpaired) electrons. The lowest BCUT2D eigenvalue weighted by Crippen LogP contribution is -2.46. The molecule has 1 fully saturated rings. The second kappa shape index (κ2) is 8.55. The van der Waals surface area contributed by atoms with Crippen molar-refractivity contribution in [1.29, 1.82) is 0 Å². The van der Waals surface area contributed by atoms with Crippen LogP contribution in [0.4, 0.5) is 0 Å². The molecule has 4 rings (SSSR count). The Morgan fingerprint density at radius 3 is 2.69 bits per heavy atom. The minimum absolute atomic E-state index is 0.134. The van der Waals surface area contributed by atoms with Crippen molar-refractivity contribution in [3.63, 3.8) is 0 Å². The molecule has 1 saturated carbocycles. The van der Waals surface area contributed by atoms with Crippen molar-refractivity contribution in [1.82, 2.24) is 0 Å². The molecule has 154 valence electrons. The Kier molecular flexibility index (Phi) is 6.06. The fourth-order valence-corrected chi connectivity index (χ4v) is 6.49. The zero-order valence-corrected chi connectivity index (χ0v) is 18.6. The fraction of sp³-hybridized carbons (Fsp3) is 0.500. The topological polar surface area (TPSA) is 26.3 Å². The summed E-state index contributed by atoms with van der Waals surface area (Å²) in [5.41, 5.74) is 4.10. The molecule has 2 aromatic carbocycles. The Morgan fingerprint density at radius 2 is 1.97 bits per heavy atom. The van der Waals surface area contributed by atoms with E-state index in [4.69, 9.17) is 4.18 Å². The normalized spacial score (nSPS) is 28.3. The molecule has 0 N–H and O–H groups in total. The molecule has 2 aliphatic rings. The summed E-state index contributed by atoms with van der Waals surface area (Å²) >= 11 is 1.50. The number of ketones is 1. The zero-order chi connectivity index (χ0) is 20.4. The molecule has 3 heteroatoms. The van der Waals surface area contributed by atoms with Crippen LogP contribution in [0, 0.1) is 17.3 Å². The number of Topliss-reactive ketones (excluding diaryl/α,β-unsaturated/α-hetero) is 1. The average molecular weight is 409 g/mol. The number of hydrogen-bond donors (Lipinski definition) is 0. The van der Waals surface area contributed by atoms with Gasteiger partial charge >= 0.3 is 0 Å². The van der Waals surface area contributed by atoms with Gasteiger partial charge in [0.1, 0.15) is 11.5 Å². The van der Waals surface area contributed by atoms with Gasteiger partial charge in [-0.05, 0) is 79.2 Å². The highest BCUT2D eigenvalue weighted by Gasteiger charge is 2.49. The van der Waals surface area contributed by atoms with Crippen LogP contribution in [0.5, 0.6) is 5.75 Å². The second-order valence-corrected chi connectivity index (χ2v) is 9.72. The van der Waals surface area contributed by atoms with Crippen LogP contribution in [-0.2, 0) is 17.0 Å². The van der Waals surface area contributed by atoms with E-state index in [0.29, 0.717) is 23.5 Å². The lowest BCUT2D eigenvalue weighted by atomic mass is 9.53. The van der Waals surface area contributed by atoms with Crippen LogP contribution in [0.25, 0.3) is 0 Å². The van der Waals surface area contributed by atoms with E-state index in [2.05, 4.69) is 56.3 Å². The van der Waals surface area contributed by atoms with Crippen LogP contribution in [0.3, 0.4) is 0 Å². The van der Waals surface area contributed by atoms with E-state index >= 15 is 0 Å². The van der Waals surface area contributed by atoms with Gasteiger partial charge in [-0.3, -0.25) is 4.79 Å². The molecular formula is C26H32O2S. The van der Waals surface area contributed by atoms with Crippen LogP contribution < -0.4 is 4.18 Å². The van der Waals surface area contributed by atoms with Crippen LogP contribution in [0.15, 0.2) is 48.5 Å². The molecule has 2 aromatic rings. The molecule has 0 aliphatic heterocycles. The van der Waals surface area contributed by atoms with Crippen molar-refractivity contribution in [3.8, 4) is 5.75 Å². The monoisotopic (exact) mass is 408 g/mol. The number of fused-ring (bicyclic) bond motifs is 3. The second-order valence-electron chi connectivity index (χ2n) is 9.03. The largest absolute Gasteiger partial charge is 0.425 e. The SMILES string of the molecule is CCC1C2CCc3cc(OSCc4ccccc4)ccc3C2CCC1(C)C(C)=O. The maximum absolute atomic E-state index is 12.4. The maximum Gasteiger partial charge on any atom is 0.137 e. The molecule has 4 unspecified atom stereocenters. The van der Waals surface area contributed by atoms with E-state index in [1.165, 1.54) is 35.2 Å². The number of carbonyl (C=O) groups excluding carboxylic acids is 1. The summed E-state index contributed by atoms with van der Waals surface area (Å²) in [4.78, 5) is 12.4. The van der Waals surface area contributed by atoms with Crippen LogP contribution in [-0.4, -0.2) is 5.78 Å². The Labute approximate surface area is 179 Å². The summed E-state index contributed by atoms with van der Waals surface area (Å²) in [6.45, 7) is 6.29. The van der Waals surface area contributed by atoms with Crippen molar-refractivity contribution >= 4 is 17.8 Å². The van der Waals surface area contributed by atoms with Crippen molar-refractivity contribution in [2.75, 3.05) is 0 Å². The summed E-state index contributed by atoms with van der Waals surface area (Å²) in [6.07, 6.45) is 5.55. The van der Waals surface area contributed by atoms with Crippen molar-refractivity contribution in [2.45, 2.75) is 64.5 Å². The summed E-state index contributed by atoms with van der Waals surface area (Å²) in [7, 11) is 0. The van der Waals surface area contributed by atoms with Gasteiger partial charge in [0.2, 0.25) is 0 Å². The van der Waals surface area contributed by atoms with E-state index in [-0.39, 0.29) is 5.41 Å². The van der Waals surface area contributed by atoms with Gasteiger partial charge in [-0.2, -0.15) is 0 Å². The molecule has 4 atom stereocenters. The predicted octanol–water partition coefficient (Wildman–Crippen LogP) is 6.98. The van der Waals surface area contributed by atoms with Gasteiger partial charge in [0.25, 0.3) is 0 Å². The Hall–Kier alpha value is -1.74. The fourth-order valence-electron chi connectivity index (χ4n) is 5.86. The van der Waals surface area contributed by atoms with E-state index in [1.54, 1.807) is 6.92 Å². The lowest BCUT2D eigenvalue weighted by Gasteiger charge is -2.51. The average Bonchev–Trinajstić information content (AvgIpc) is 2.74. The highest BCUT2D eigenvalue weighted by atomic mass is 32.2. The van der Waals surface area contributed by atoms with E-state index < -0.39 is 0 Å². The van der Waals surface area contributed by atoms with Crippen molar-refractivity contribution in [3.05, 3.63) is 65.2 Å². The van der Waals surface area contributed by atoms with Crippen LogP contribution >= 0.6 is 12.0 Å². The Bertz CT molecular complexity index is 862. The van der Waals surface area contributed by atoms with Gasteiger partial charge in [0.15, 0.2) is 0 Å². The minimum atomic E-state index is -0.134. The first-order chi connectivity index (χ1) is 14.0. The third kappa shape index (κ3) is 3.99. The number of hydrogen-bond acceptors (Lipinski definition) is 3. The van der Waals surface area contributed by atoms with Crippen molar-refractivity contribution in [2.24, 2.45) is 17.3 Å². The summed E-state index contributed by atoms with van der Waals surface area (Å²) in [5, 5.41) is 0. The van der Waals surface area contributed by atoms with E-state index in [0.717, 1.165) is 37.2 Å². The third-order valence-corrected chi connectivity index (χ3v) is 8.32. The summed E-state index contributed by atoms with van der Waals surface area (Å²) in [5.74, 6) is 3.93. The molecule has 0 amide bonds. The molecule has 0 bridgehead atoms. The molecule has 0 heterocycles. The molecule has 0 saturated heterocycles. The number of rotatable bonds is 6. The third-order valence-electron chi connectivity index (χ3n) is 7.56. The summed E-state index contributed by atoms with van der Waals surface area (Å²) < 4.78 is 5.99. The molecule has 2 nitrogen and oxygen atoms in total. The minimum Gasteiger partial charge on any atom is -0.425 e. The zero-order valence-electron chi connectivity index (χ0n) is 17.8.